The molecule has 0 aromatic carbocycles. The molecule has 7 nitrogen and oxygen atoms in total. The summed E-state index contributed by atoms with van der Waals surface area (Å²) in [5, 5.41) is 0. The van der Waals surface area contributed by atoms with Crippen molar-refractivity contribution in [2.75, 3.05) is 24.5 Å². The Bertz CT molecular complexity index is 827. The van der Waals surface area contributed by atoms with Crippen LogP contribution < -0.4 is 10.5 Å². The SMILES string of the molecule is O=C(Cc1ccccn1)N1CCc2nc(N3CCCC3)[nH]c(=O)c2C1. The highest BCUT2D eigenvalue weighted by Crippen LogP contribution is 2.19. The number of carbonyl (C=O) groups is 1. The monoisotopic (exact) mass is 339 g/mol. The Labute approximate surface area is 145 Å². The van der Waals surface area contributed by atoms with Crippen molar-refractivity contribution in [1.82, 2.24) is 19.9 Å². The first kappa shape index (κ1) is 15.8. The third-order valence-electron chi connectivity index (χ3n) is 4.87. The number of amides is 1. The minimum atomic E-state index is -0.123. The van der Waals surface area contributed by atoms with Crippen LogP contribution in [0.4, 0.5) is 5.95 Å². The van der Waals surface area contributed by atoms with E-state index in [1.165, 1.54) is 0 Å². The van der Waals surface area contributed by atoms with Gasteiger partial charge in [-0.05, 0) is 25.0 Å². The highest BCUT2D eigenvalue weighted by Gasteiger charge is 2.26. The molecule has 0 atom stereocenters. The van der Waals surface area contributed by atoms with Crippen LogP contribution in [0.1, 0.15) is 29.8 Å². The highest BCUT2D eigenvalue weighted by atomic mass is 16.2. The minimum Gasteiger partial charge on any atom is -0.342 e. The molecule has 0 aliphatic carbocycles. The fraction of sp³-hybridized carbons (Fsp3) is 0.444. The average molecular weight is 339 g/mol. The Kier molecular flexibility index (Phi) is 4.21. The van der Waals surface area contributed by atoms with Gasteiger partial charge in [-0.25, -0.2) is 4.98 Å². The topological polar surface area (TPSA) is 82.2 Å². The third-order valence-corrected chi connectivity index (χ3v) is 4.87. The van der Waals surface area contributed by atoms with Gasteiger partial charge in [0.2, 0.25) is 11.9 Å². The molecule has 7 heteroatoms. The molecule has 1 saturated heterocycles. The molecule has 0 bridgehead atoms. The summed E-state index contributed by atoms with van der Waals surface area (Å²) in [7, 11) is 0. The fourth-order valence-corrected chi connectivity index (χ4v) is 3.47. The van der Waals surface area contributed by atoms with Crippen LogP contribution in [0.5, 0.6) is 0 Å². The first-order valence-corrected chi connectivity index (χ1v) is 8.75. The van der Waals surface area contributed by atoms with Crippen LogP contribution in [0, 0.1) is 0 Å². The summed E-state index contributed by atoms with van der Waals surface area (Å²) in [5.41, 5.74) is 2.06. The number of pyridine rings is 1. The molecule has 2 aliphatic heterocycles. The number of carbonyl (C=O) groups excluding carboxylic acids is 1. The molecular formula is C18H21N5O2. The number of nitrogens with one attached hydrogen (secondary N) is 1. The Balaban J connectivity index is 1.51. The zero-order valence-electron chi connectivity index (χ0n) is 14.1. The number of nitrogens with zero attached hydrogens (tertiary/aromatic N) is 4. The summed E-state index contributed by atoms with van der Waals surface area (Å²) in [6.45, 7) is 2.80. The van der Waals surface area contributed by atoms with E-state index >= 15 is 0 Å². The van der Waals surface area contributed by atoms with E-state index in [0.29, 0.717) is 31.0 Å². The van der Waals surface area contributed by atoms with Crippen molar-refractivity contribution in [3.8, 4) is 0 Å². The Morgan fingerprint density at radius 2 is 2.04 bits per heavy atom. The van der Waals surface area contributed by atoms with Crippen LogP contribution in [-0.2, 0) is 24.2 Å². The van der Waals surface area contributed by atoms with Gasteiger partial charge in [0.25, 0.3) is 5.56 Å². The van der Waals surface area contributed by atoms with Crippen molar-refractivity contribution < 1.29 is 4.79 Å². The van der Waals surface area contributed by atoms with E-state index in [9.17, 15) is 9.59 Å². The molecule has 2 aromatic heterocycles. The number of anilines is 1. The maximum atomic E-state index is 12.5. The molecule has 0 unspecified atom stereocenters. The molecule has 0 saturated carbocycles. The van der Waals surface area contributed by atoms with Crippen LogP contribution >= 0.6 is 0 Å². The lowest BCUT2D eigenvalue weighted by molar-refractivity contribution is -0.131. The van der Waals surface area contributed by atoms with Gasteiger partial charge in [-0.1, -0.05) is 6.07 Å². The van der Waals surface area contributed by atoms with Crippen molar-refractivity contribution in [1.29, 1.82) is 0 Å². The van der Waals surface area contributed by atoms with Crippen molar-refractivity contribution in [2.45, 2.75) is 32.2 Å². The number of rotatable bonds is 3. The first-order valence-electron chi connectivity index (χ1n) is 8.75. The van der Waals surface area contributed by atoms with E-state index in [4.69, 9.17) is 0 Å². The van der Waals surface area contributed by atoms with Gasteiger partial charge in [0, 0.05) is 37.9 Å². The lowest BCUT2D eigenvalue weighted by atomic mass is 10.1. The van der Waals surface area contributed by atoms with E-state index < -0.39 is 0 Å². The molecular weight excluding hydrogens is 318 g/mol. The van der Waals surface area contributed by atoms with E-state index in [0.717, 1.165) is 37.3 Å². The van der Waals surface area contributed by atoms with E-state index in [-0.39, 0.29) is 17.9 Å². The van der Waals surface area contributed by atoms with Crippen LogP contribution in [0.3, 0.4) is 0 Å². The summed E-state index contributed by atoms with van der Waals surface area (Å²) in [4.78, 5) is 40.6. The Hall–Kier alpha value is -2.70. The second kappa shape index (κ2) is 6.66. The van der Waals surface area contributed by atoms with Crippen molar-refractivity contribution in [2.24, 2.45) is 0 Å². The number of hydrogen-bond donors (Lipinski definition) is 1. The van der Waals surface area contributed by atoms with Crippen molar-refractivity contribution in [3.63, 3.8) is 0 Å². The summed E-state index contributed by atoms with van der Waals surface area (Å²) in [6, 6.07) is 5.54. The van der Waals surface area contributed by atoms with Crippen LogP contribution in [0.2, 0.25) is 0 Å². The zero-order valence-corrected chi connectivity index (χ0v) is 14.1. The summed E-state index contributed by atoms with van der Waals surface area (Å²) in [5.74, 6) is 0.668. The van der Waals surface area contributed by atoms with Gasteiger partial charge in [0.15, 0.2) is 0 Å². The van der Waals surface area contributed by atoms with Crippen LogP contribution in [0.15, 0.2) is 29.2 Å². The Morgan fingerprint density at radius 3 is 2.80 bits per heavy atom. The first-order chi connectivity index (χ1) is 12.2. The second-order valence-corrected chi connectivity index (χ2v) is 6.57. The van der Waals surface area contributed by atoms with Gasteiger partial charge in [-0.15, -0.1) is 0 Å². The average Bonchev–Trinajstić information content (AvgIpc) is 3.17. The second-order valence-electron chi connectivity index (χ2n) is 6.57. The van der Waals surface area contributed by atoms with Crippen LogP contribution in [0.25, 0.3) is 0 Å². The maximum Gasteiger partial charge on any atom is 0.257 e. The lowest BCUT2D eigenvalue weighted by Crippen LogP contribution is -2.41. The molecule has 130 valence electrons. The predicted octanol–water partition coefficient (Wildman–Crippen LogP) is 0.892. The van der Waals surface area contributed by atoms with E-state index in [1.54, 1.807) is 11.1 Å². The predicted molar refractivity (Wildman–Crippen MR) is 93.4 cm³/mol. The number of fused-ring (bicyclic) bond motifs is 1. The number of H-pyrrole nitrogens is 1. The number of aromatic nitrogens is 3. The Morgan fingerprint density at radius 1 is 1.20 bits per heavy atom. The molecule has 4 heterocycles. The molecule has 4 rings (SSSR count). The lowest BCUT2D eigenvalue weighted by Gasteiger charge is -2.28. The van der Waals surface area contributed by atoms with Crippen LogP contribution in [-0.4, -0.2) is 45.4 Å². The molecule has 25 heavy (non-hydrogen) atoms. The molecule has 0 radical (unpaired) electrons. The zero-order chi connectivity index (χ0) is 17.2. The third kappa shape index (κ3) is 3.26. The summed E-state index contributed by atoms with van der Waals surface area (Å²) >= 11 is 0. The largest absolute Gasteiger partial charge is 0.342 e. The normalized spacial score (nSPS) is 16.8. The molecule has 1 amide bonds. The van der Waals surface area contributed by atoms with E-state index in [2.05, 4.69) is 19.9 Å². The smallest absolute Gasteiger partial charge is 0.257 e. The van der Waals surface area contributed by atoms with Gasteiger partial charge in [-0.2, -0.15) is 0 Å². The summed E-state index contributed by atoms with van der Waals surface area (Å²) in [6.07, 6.45) is 4.83. The number of aromatic amines is 1. The maximum absolute atomic E-state index is 12.5. The molecule has 2 aromatic rings. The van der Waals surface area contributed by atoms with Gasteiger partial charge in [0.1, 0.15) is 0 Å². The van der Waals surface area contributed by atoms with Gasteiger partial charge < -0.3 is 9.80 Å². The van der Waals surface area contributed by atoms with Gasteiger partial charge >= 0.3 is 0 Å². The minimum absolute atomic E-state index is 0.00707. The standard InChI is InChI=1S/C18H21N5O2/c24-16(11-13-5-1-2-7-19-13)23-10-6-15-14(12-23)17(25)21-18(20-15)22-8-3-4-9-22/h1-2,5,7H,3-4,6,8-12H2,(H,20,21,25). The van der Waals surface area contributed by atoms with Crippen molar-refractivity contribution >= 4 is 11.9 Å². The molecule has 2 aliphatic rings. The molecule has 0 spiro atoms. The fourth-order valence-electron chi connectivity index (χ4n) is 3.47. The van der Waals surface area contributed by atoms with Crippen molar-refractivity contribution in [3.05, 3.63) is 51.7 Å². The molecule has 1 N–H and O–H groups in total. The molecule has 1 fully saturated rings. The van der Waals surface area contributed by atoms with Gasteiger partial charge in [0.05, 0.1) is 24.2 Å². The number of hydrogen-bond acceptors (Lipinski definition) is 5. The van der Waals surface area contributed by atoms with Gasteiger partial charge in [-0.3, -0.25) is 19.6 Å². The highest BCUT2D eigenvalue weighted by molar-refractivity contribution is 5.78. The quantitative estimate of drug-likeness (QED) is 0.898. The van der Waals surface area contributed by atoms with E-state index in [1.807, 2.05) is 18.2 Å². The summed E-state index contributed by atoms with van der Waals surface area (Å²) < 4.78 is 0.